The van der Waals surface area contributed by atoms with E-state index in [9.17, 15) is 14.0 Å². The number of aliphatic hydroxyl groups excluding tert-OH is 1. The number of nitrogens with zero attached hydrogens (tertiary/aromatic N) is 1. The summed E-state index contributed by atoms with van der Waals surface area (Å²) < 4.78 is 13.9. The molecule has 0 saturated carbocycles. The number of hydrogen-bond donors (Lipinski definition) is 2. The maximum Gasteiger partial charge on any atom is 0.261 e. The number of hydrogen-bond acceptors (Lipinski definition) is 4. The number of likely N-dealkylation sites (N-methyl/N-ethyl adjacent to an activating group) is 1. The van der Waals surface area contributed by atoms with Crippen molar-refractivity contribution in [1.82, 2.24) is 10.2 Å². The average Bonchev–Trinajstić information content (AvgIpc) is 2.77. The first-order chi connectivity index (χ1) is 10.6. The Kier molecular flexibility index (Phi) is 5.41. The minimum absolute atomic E-state index is 0.0234. The molecule has 2 rings (SSSR count). The molecule has 0 spiro atoms. The number of amides is 2. The van der Waals surface area contributed by atoms with Gasteiger partial charge < -0.3 is 10.4 Å². The normalized spacial score (nSPS) is 16.1. The number of fused-ring (bicyclic) bond motifs is 1. The van der Waals surface area contributed by atoms with E-state index in [1.165, 1.54) is 6.08 Å². The largest absolute Gasteiger partial charge is 0.395 e. The third kappa shape index (κ3) is 3.40. The van der Waals surface area contributed by atoms with Crippen molar-refractivity contribution in [3.8, 4) is 0 Å². The van der Waals surface area contributed by atoms with Gasteiger partial charge >= 0.3 is 0 Å². The van der Waals surface area contributed by atoms with E-state index in [1.54, 1.807) is 31.3 Å². The van der Waals surface area contributed by atoms with Crippen LogP contribution in [0, 0.1) is 0 Å². The van der Waals surface area contributed by atoms with E-state index in [-0.39, 0.29) is 19.2 Å². The Labute approximate surface area is 128 Å². The highest BCUT2D eigenvalue weighted by Gasteiger charge is 2.35. The number of nitrogens with one attached hydrogen (secondary N) is 1. The molecule has 0 bridgehead atoms. The molecule has 0 radical (unpaired) electrons. The van der Waals surface area contributed by atoms with E-state index in [2.05, 4.69) is 5.32 Å². The molecule has 1 heterocycles. The second kappa shape index (κ2) is 7.29. The predicted octanol–water partition coefficient (Wildman–Crippen LogP) is 1.50. The molecule has 0 aromatic heterocycles. The molecular formula is C16H19FN2O3. The van der Waals surface area contributed by atoms with Gasteiger partial charge in [-0.25, -0.2) is 4.39 Å². The van der Waals surface area contributed by atoms with E-state index in [0.717, 1.165) is 4.90 Å². The number of carbonyl (C=O) groups excluding carboxylic acids is 2. The first-order valence-corrected chi connectivity index (χ1v) is 7.16. The minimum Gasteiger partial charge on any atom is -0.395 e. The monoisotopic (exact) mass is 306 g/mol. The lowest BCUT2D eigenvalue weighted by Gasteiger charge is -2.13. The minimum atomic E-state index is -0.526. The lowest BCUT2D eigenvalue weighted by molar-refractivity contribution is 0.0660. The number of halogens is 1. The average molecular weight is 306 g/mol. The van der Waals surface area contributed by atoms with Crippen LogP contribution >= 0.6 is 0 Å². The zero-order valence-electron chi connectivity index (χ0n) is 12.4. The van der Waals surface area contributed by atoms with Crippen molar-refractivity contribution in [3.05, 3.63) is 47.3 Å². The Hall–Kier alpha value is -2.05. The Morgan fingerprint density at radius 2 is 1.91 bits per heavy atom. The molecule has 1 aliphatic rings. The summed E-state index contributed by atoms with van der Waals surface area (Å²) in [5.74, 6) is -1.46. The quantitative estimate of drug-likeness (QED) is 0.749. The molecule has 5 nitrogen and oxygen atoms in total. The third-order valence-electron chi connectivity index (χ3n) is 3.70. The zero-order chi connectivity index (χ0) is 16.1. The molecule has 22 heavy (non-hydrogen) atoms. The van der Waals surface area contributed by atoms with Crippen LogP contribution in [0.15, 0.2) is 36.2 Å². The summed E-state index contributed by atoms with van der Waals surface area (Å²) in [5, 5.41) is 11.9. The van der Waals surface area contributed by atoms with Gasteiger partial charge in [0.05, 0.1) is 24.3 Å². The van der Waals surface area contributed by atoms with E-state index in [4.69, 9.17) is 5.11 Å². The molecule has 0 aliphatic carbocycles. The van der Waals surface area contributed by atoms with Gasteiger partial charge in [0.1, 0.15) is 5.83 Å². The molecule has 1 aromatic rings. The van der Waals surface area contributed by atoms with Gasteiger partial charge in [-0.1, -0.05) is 18.2 Å². The first kappa shape index (κ1) is 16.3. The van der Waals surface area contributed by atoms with E-state index >= 15 is 0 Å². The summed E-state index contributed by atoms with van der Waals surface area (Å²) in [6.45, 7) is -0.375. The molecule has 1 aromatic carbocycles. The molecule has 1 atom stereocenters. The summed E-state index contributed by atoms with van der Waals surface area (Å²) >= 11 is 0. The summed E-state index contributed by atoms with van der Waals surface area (Å²) in [7, 11) is 1.72. The van der Waals surface area contributed by atoms with Crippen molar-refractivity contribution in [2.45, 2.75) is 18.9 Å². The van der Waals surface area contributed by atoms with Gasteiger partial charge in [0.2, 0.25) is 0 Å². The number of carbonyl (C=O) groups is 2. The first-order valence-electron chi connectivity index (χ1n) is 7.16. The maximum absolute atomic E-state index is 13.9. The number of imide groups is 1. The van der Waals surface area contributed by atoms with Gasteiger partial charge in [-0.05, 0) is 32.0 Å². The van der Waals surface area contributed by atoms with Crippen LogP contribution in [0.1, 0.15) is 33.6 Å². The van der Waals surface area contributed by atoms with Gasteiger partial charge in [-0.15, -0.1) is 0 Å². The standard InChI is InChI=1S/C16H19FN2O3/c1-18-12(10-20)6-4-5-11(17)9-19-15(21)13-7-2-3-8-14(13)16(19)22/h2-3,5,7-8,12,18,20H,4,6,9-10H2,1H3/b11-5-. The number of rotatable bonds is 7. The summed E-state index contributed by atoms with van der Waals surface area (Å²) in [5.41, 5.74) is 0.631. The van der Waals surface area contributed by atoms with Crippen LogP contribution in [0.3, 0.4) is 0 Å². The third-order valence-corrected chi connectivity index (χ3v) is 3.70. The van der Waals surface area contributed by atoms with Crippen molar-refractivity contribution in [3.63, 3.8) is 0 Å². The number of benzene rings is 1. The van der Waals surface area contributed by atoms with Crippen LogP contribution in [0.25, 0.3) is 0 Å². The summed E-state index contributed by atoms with van der Waals surface area (Å²) in [6.07, 6.45) is 2.34. The SMILES string of the molecule is CNC(CO)CC/C=C(\F)CN1C(=O)c2ccccc2C1=O. The van der Waals surface area contributed by atoms with Crippen LogP contribution < -0.4 is 5.32 Å². The molecule has 2 N–H and O–H groups in total. The van der Waals surface area contributed by atoms with Crippen molar-refractivity contribution in [2.24, 2.45) is 0 Å². The van der Waals surface area contributed by atoms with Crippen LogP contribution in [0.4, 0.5) is 4.39 Å². The van der Waals surface area contributed by atoms with Gasteiger partial charge in [0.25, 0.3) is 11.8 Å². The predicted molar refractivity (Wildman–Crippen MR) is 80.2 cm³/mol. The highest BCUT2D eigenvalue weighted by atomic mass is 19.1. The summed E-state index contributed by atoms with van der Waals surface area (Å²) in [6, 6.07) is 6.38. The zero-order valence-corrected chi connectivity index (χ0v) is 12.4. The van der Waals surface area contributed by atoms with Gasteiger partial charge in [0, 0.05) is 6.04 Å². The fraction of sp³-hybridized carbons (Fsp3) is 0.375. The molecule has 2 amide bonds. The smallest absolute Gasteiger partial charge is 0.261 e. The van der Waals surface area contributed by atoms with Crippen LogP contribution in [-0.4, -0.2) is 48.1 Å². The lowest BCUT2D eigenvalue weighted by Crippen LogP contribution is -2.31. The highest BCUT2D eigenvalue weighted by Crippen LogP contribution is 2.23. The summed E-state index contributed by atoms with van der Waals surface area (Å²) in [4.78, 5) is 25.1. The van der Waals surface area contributed by atoms with E-state index < -0.39 is 17.6 Å². The Morgan fingerprint density at radius 3 is 2.41 bits per heavy atom. The molecular weight excluding hydrogens is 287 g/mol. The molecule has 118 valence electrons. The fourth-order valence-corrected chi connectivity index (χ4v) is 2.37. The fourth-order valence-electron chi connectivity index (χ4n) is 2.37. The van der Waals surface area contributed by atoms with Gasteiger partial charge in [0.15, 0.2) is 0 Å². The van der Waals surface area contributed by atoms with Crippen LogP contribution in [0.5, 0.6) is 0 Å². The number of allylic oxidation sites excluding steroid dienone is 1. The van der Waals surface area contributed by atoms with E-state index in [0.29, 0.717) is 24.0 Å². The Morgan fingerprint density at radius 1 is 1.32 bits per heavy atom. The molecule has 1 aliphatic heterocycles. The Bertz CT molecular complexity index is 562. The number of aliphatic hydroxyl groups is 1. The molecule has 6 heteroatoms. The van der Waals surface area contributed by atoms with Gasteiger partial charge in [-0.2, -0.15) is 0 Å². The van der Waals surface area contributed by atoms with Crippen molar-refractivity contribution < 1.29 is 19.1 Å². The van der Waals surface area contributed by atoms with Crippen molar-refractivity contribution >= 4 is 11.8 Å². The topological polar surface area (TPSA) is 69.6 Å². The van der Waals surface area contributed by atoms with Crippen LogP contribution in [0.2, 0.25) is 0 Å². The van der Waals surface area contributed by atoms with Crippen molar-refractivity contribution in [2.75, 3.05) is 20.2 Å². The second-order valence-corrected chi connectivity index (χ2v) is 5.14. The second-order valence-electron chi connectivity index (χ2n) is 5.14. The maximum atomic E-state index is 13.9. The molecule has 0 fully saturated rings. The lowest BCUT2D eigenvalue weighted by atomic mass is 10.1. The van der Waals surface area contributed by atoms with Crippen molar-refractivity contribution in [1.29, 1.82) is 0 Å². The molecule has 1 unspecified atom stereocenters. The Balaban J connectivity index is 1.97. The van der Waals surface area contributed by atoms with E-state index in [1.807, 2.05) is 0 Å². The van der Waals surface area contributed by atoms with Crippen LogP contribution in [-0.2, 0) is 0 Å². The molecule has 0 saturated heterocycles. The highest BCUT2D eigenvalue weighted by molar-refractivity contribution is 6.21. The van der Waals surface area contributed by atoms with Gasteiger partial charge in [-0.3, -0.25) is 14.5 Å².